The van der Waals surface area contributed by atoms with Gasteiger partial charge in [0.2, 0.25) is 11.8 Å². The molecule has 2 heterocycles. The summed E-state index contributed by atoms with van der Waals surface area (Å²) in [5.41, 5.74) is 0. The highest BCUT2D eigenvalue weighted by atomic mass is 16.5. The fraction of sp³-hybridized carbons (Fsp3) is 0.857. The van der Waals surface area contributed by atoms with Crippen molar-refractivity contribution >= 4 is 11.8 Å². The van der Waals surface area contributed by atoms with Crippen molar-refractivity contribution in [1.82, 2.24) is 20.4 Å². The van der Waals surface area contributed by atoms with Gasteiger partial charge in [0.15, 0.2) is 0 Å². The van der Waals surface area contributed by atoms with E-state index >= 15 is 0 Å². The van der Waals surface area contributed by atoms with Gasteiger partial charge in [0.1, 0.15) is 0 Å². The Morgan fingerprint density at radius 3 is 2.67 bits per heavy atom. The Bertz CT molecular complexity index is 350. The molecule has 2 saturated heterocycles. The second-order valence-corrected chi connectivity index (χ2v) is 5.51. The lowest BCUT2D eigenvalue weighted by molar-refractivity contribution is -0.136. The average Bonchev–Trinajstić information content (AvgIpc) is 2.49. The zero-order chi connectivity index (χ0) is 15.1. The smallest absolute Gasteiger partial charge is 0.234 e. The van der Waals surface area contributed by atoms with Crippen molar-refractivity contribution in [3.63, 3.8) is 0 Å². The number of hydrogen-bond donors (Lipinski definition) is 2. The number of carbonyl (C=O) groups excluding carboxylic acids is 2. The summed E-state index contributed by atoms with van der Waals surface area (Å²) in [6, 6.07) is 0. The minimum atomic E-state index is -0.000360. The molecule has 1 unspecified atom stereocenters. The van der Waals surface area contributed by atoms with Crippen LogP contribution in [0.25, 0.3) is 0 Å². The first-order valence-electron chi connectivity index (χ1n) is 7.78. The molecule has 2 aliphatic heterocycles. The van der Waals surface area contributed by atoms with Crippen LogP contribution in [0.3, 0.4) is 0 Å². The van der Waals surface area contributed by atoms with Crippen LogP contribution in [0.2, 0.25) is 0 Å². The topological polar surface area (TPSA) is 73.9 Å². The van der Waals surface area contributed by atoms with Crippen LogP contribution >= 0.6 is 0 Å². The molecule has 0 radical (unpaired) electrons. The molecule has 0 aromatic carbocycles. The molecule has 7 heteroatoms. The van der Waals surface area contributed by atoms with Crippen LogP contribution in [-0.4, -0.2) is 86.7 Å². The molecule has 1 atom stereocenters. The number of rotatable bonds is 5. The quantitative estimate of drug-likeness (QED) is 0.656. The Kier molecular flexibility index (Phi) is 6.41. The zero-order valence-corrected chi connectivity index (χ0v) is 12.8. The van der Waals surface area contributed by atoms with E-state index < -0.39 is 0 Å². The molecule has 0 spiro atoms. The summed E-state index contributed by atoms with van der Waals surface area (Å²) in [6.45, 7) is 8.19. The molecule has 0 aromatic heterocycles. The van der Waals surface area contributed by atoms with Gasteiger partial charge in [-0.2, -0.15) is 0 Å². The fourth-order valence-corrected chi connectivity index (χ4v) is 2.69. The predicted octanol–water partition coefficient (Wildman–Crippen LogP) is -1.35. The largest absolute Gasteiger partial charge is 0.375 e. The molecule has 2 fully saturated rings. The third kappa shape index (κ3) is 5.26. The van der Waals surface area contributed by atoms with E-state index in [2.05, 4.69) is 15.5 Å². The summed E-state index contributed by atoms with van der Waals surface area (Å²) in [7, 11) is 0. The molecular formula is C14H26N4O3. The number of nitrogens with zero attached hydrogens (tertiary/aromatic N) is 2. The molecule has 2 aliphatic rings. The fourth-order valence-electron chi connectivity index (χ4n) is 2.69. The lowest BCUT2D eigenvalue weighted by atomic mass is 10.2. The third-order valence-electron chi connectivity index (χ3n) is 3.87. The van der Waals surface area contributed by atoms with Gasteiger partial charge >= 0.3 is 0 Å². The molecule has 21 heavy (non-hydrogen) atoms. The minimum Gasteiger partial charge on any atom is -0.375 e. The molecule has 0 aliphatic carbocycles. The van der Waals surface area contributed by atoms with E-state index in [1.54, 1.807) is 0 Å². The highest BCUT2D eigenvalue weighted by molar-refractivity contribution is 5.78. The van der Waals surface area contributed by atoms with Gasteiger partial charge in [-0.15, -0.1) is 0 Å². The normalized spacial score (nSPS) is 23.9. The van der Waals surface area contributed by atoms with Gasteiger partial charge in [-0.25, -0.2) is 0 Å². The molecule has 2 N–H and O–H groups in total. The van der Waals surface area contributed by atoms with Crippen molar-refractivity contribution in [1.29, 1.82) is 0 Å². The summed E-state index contributed by atoms with van der Waals surface area (Å²) < 4.78 is 5.57. The number of nitrogens with one attached hydrogen (secondary N) is 2. The van der Waals surface area contributed by atoms with Gasteiger partial charge in [0.05, 0.1) is 25.7 Å². The molecule has 2 rings (SSSR count). The molecule has 0 saturated carbocycles. The van der Waals surface area contributed by atoms with E-state index in [9.17, 15) is 9.59 Å². The monoisotopic (exact) mass is 298 g/mol. The van der Waals surface area contributed by atoms with Gasteiger partial charge in [0.25, 0.3) is 0 Å². The number of morpholine rings is 1. The lowest BCUT2D eigenvalue weighted by Crippen LogP contribution is -2.52. The number of hydrogen-bond acceptors (Lipinski definition) is 5. The van der Waals surface area contributed by atoms with Crippen LogP contribution in [0, 0.1) is 0 Å². The lowest BCUT2D eigenvalue weighted by Gasteiger charge is -2.35. The highest BCUT2D eigenvalue weighted by Crippen LogP contribution is 2.08. The van der Waals surface area contributed by atoms with Gasteiger partial charge in [-0.3, -0.25) is 14.5 Å². The van der Waals surface area contributed by atoms with Crippen molar-refractivity contribution in [2.75, 3.05) is 59.0 Å². The first-order valence-corrected chi connectivity index (χ1v) is 7.78. The van der Waals surface area contributed by atoms with Crippen molar-refractivity contribution < 1.29 is 14.3 Å². The number of amides is 2. The SMILES string of the molecule is CCNC(=O)CN1CCN(C(=O)CC2CNCCO2)CC1. The zero-order valence-electron chi connectivity index (χ0n) is 12.8. The highest BCUT2D eigenvalue weighted by Gasteiger charge is 2.25. The van der Waals surface area contributed by atoms with Crippen LogP contribution < -0.4 is 10.6 Å². The van der Waals surface area contributed by atoms with Gasteiger partial charge in [0, 0.05) is 45.8 Å². The molecule has 0 bridgehead atoms. The van der Waals surface area contributed by atoms with Crippen molar-refractivity contribution in [3.05, 3.63) is 0 Å². The van der Waals surface area contributed by atoms with Crippen LogP contribution in [0.5, 0.6) is 0 Å². The van der Waals surface area contributed by atoms with Crippen molar-refractivity contribution in [3.8, 4) is 0 Å². The van der Waals surface area contributed by atoms with Gasteiger partial charge < -0.3 is 20.3 Å². The Morgan fingerprint density at radius 2 is 2.05 bits per heavy atom. The summed E-state index contributed by atoms with van der Waals surface area (Å²) >= 11 is 0. The molecule has 120 valence electrons. The summed E-state index contributed by atoms with van der Waals surface area (Å²) in [4.78, 5) is 27.7. The van der Waals surface area contributed by atoms with Crippen LogP contribution in [0.15, 0.2) is 0 Å². The minimum absolute atomic E-state index is 0.000360. The van der Waals surface area contributed by atoms with E-state index in [0.717, 1.165) is 26.2 Å². The van der Waals surface area contributed by atoms with Crippen molar-refractivity contribution in [2.45, 2.75) is 19.4 Å². The van der Waals surface area contributed by atoms with Crippen molar-refractivity contribution in [2.24, 2.45) is 0 Å². The second-order valence-electron chi connectivity index (χ2n) is 5.51. The number of likely N-dealkylation sites (N-methyl/N-ethyl adjacent to an activating group) is 1. The Morgan fingerprint density at radius 1 is 1.29 bits per heavy atom. The first kappa shape index (κ1) is 16.2. The number of ether oxygens (including phenoxy) is 1. The van der Waals surface area contributed by atoms with E-state index in [0.29, 0.717) is 39.2 Å². The maximum Gasteiger partial charge on any atom is 0.234 e. The van der Waals surface area contributed by atoms with Crippen LogP contribution in [-0.2, 0) is 14.3 Å². The molecule has 0 aromatic rings. The maximum atomic E-state index is 12.2. The molecular weight excluding hydrogens is 272 g/mol. The molecule has 7 nitrogen and oxygen atoms in total. The second kappa shape index (κ2) is 8.31. The van der Waals surface area contributed by atoms with E-state index in [-0.39, 0.29) is 17.9 Å². The first-order chi connectivity index (χ1) is 10.2. The maximum absolute atomic E-state index is 12.2. The summed E-state index contributed by atoms with van der Waals surface area (Å²) in [6.07, 6.45) is 0.447. The number of carbonyl (C=O) groups is 2. The van der Waals surface area contributed by atoms with Gasteiger partial charge in [-0.05, 0) is 6.92 Å². The van der Waals surface area contributed by atoms with Crippen LogP contribution in [0.1, 0.15) is 13.3 Å². The Hall–Kier alpha value is -1.18. The van der Waals surface area contributed by atoms with Gasteiger partial charge in [-0.1, -0.05) is 0 Å². The average molecular weight is 298 g/mol. The van der Waals surface area contributed by atoms with Crippen LogP contribution in [0.4, 0.5) is 0 Å². The number of piperazine rings is 1. The van der Waals surface area contributed by atoms with E-state index in [4.69, 9.17) is 4.74 Å². The van der Waals surface area contributed by atoms with E-state index in [1.807, 2.05) is 11.8 Å². The Labute approximate surface area is 126 Å². The summed E-state index contributed by atoms with van der Waals surface area (Å²) in [5.74, 6) is 0.209. The predicted molar refractivity (Wildman–Crippen MR) is 78.9 cm³/mol. The standard InChI is InChI=1S/C14H26N4O3/c1-2-16-13(19)11-17-4-6-18(7-5-17)14(20)9-12-10-15-3-8-21-12/h12,15H,2-11H2,1H3,(H,16,19). The Balaban J connectivity index is 1.67. The molecule has 2 amide bonds. The summed E-state index contributed by atoms with van der Waals surface area (Å²) in [5, 5.41) is 6.03. The van der Waals surface area contributed by atoms with E-state index in [1.165, 1.54) is 0 Å². The third-order valence-corrected chi connectivity index (χ3v) is 3.87.